The fraction of sp³-hybridized carbons (Fsp3) is 0.308. The zero-order chi connectivity index (χ0) is 13.3. The molecule has 0 spiro atoms. The Labute approximate surface area is 124 Å². The largest absolute Gasteiger partial charge is 0.310 e. The minimum Gasteiger partial charge on any atom is -0.310 e. The summed E-state index contributed by atoms with van der Waals surface area (Å²) in [5.41, 5.74) is 2.04. The minimum absolute atomic E-state index is 0.141. The fourth-order valence-electron chi connectivity index (χ4n) is 1.75. The van der Waals surface area contributed by atoms with Gasteiger partial charge in [-0.3, -0.25) is 0 Å². The van der Waals surface area contributed by atoms with Gasteiger partial charge in [0.1, 0.15) is 0 Å². The Morgan fingerprint density at radius 1 is 1.28 bits per heavy atom. The number of halogens is 2. The highest BCUT2D eigenvalue weighted by Crippen LogP contribution is 2.29. The van der Waals surface area contributed by atoms with Gasteiger partial charge in [-0.2, -0.15) is 0 Å². The Bertz CT molecular complexity index is 561. The van der Waals surface area contributed by atoms with Crippen molar-refractivity contribution < 1.29 is 0 Å². The molecule has 1 N–H and O–H groups in total. The van der Waals surface area contributed by atoms with Crippen molar-refractivity contribution in [3.63, 3.8) is 0 Å². The summed E-state index contributed by atoms with van der Waals surface area (Å²) in [4.78, 5) is 4.27. The summed E-state index contributed by atoms with van der Waals surface area (Å²) >= 11 is 7.09. The maximum absolute atomic E-state index is 4.27. The smallest absolute Gasteiger partial charge is 0.0995 e. The molecule has 0 fully saturated rings. The summed E-state index contributed by atoms with van der Waals surface area (Å²) in [6.07, 6.45) is 3.73. The highest BCUT2D eigenvalue weighted by molar-refractivity contribution is 9.11. The zero-order valence-corrected chi connectivity index (χ0v) is 13.7. The maximum Gasteiger partial charge on any atom is 0.0995 e. The second kappa shape index (κ2) is 5.15. The lowest BCUT2D eigenvalue weighted by Crippen LogP contribution is -2.35. The van der Waals surface area contributed by atoms with Gasteiger partial charge in [0.05, 0.1) is 29.4 Å². The van der Waals surface area contributed by atoms with Crippen molar-refractivity contribution in [1.29, 1.82) is 0 Å². The number of benzene rings is 1. The highest BCUT2D eigenvalue weighted by Gasteiger charge is 2.23. The topological polar surface area (TPSA) is 29.9 Å². The van der Waals surface area contributed by atoms with Gasteiger partial charge in [-0.1, -0.05) is 15.9 Å². The van der Waals surface area contributed by atoms with E-state index in [2.05, 4.69) is 66.6 Å². The van der Waals surface area contributed by atoms with Crippen molar-refractivity contribution in [2.75, 3.05) is 7.05 Å². The molecule has 5 heteroatoms. The number of rotatable bonds is 3. The first-order valence-corrected chi connectivity index (χ1v) is 7.21. The van der Waals surface area contributed by atoms with Crippen LogP contribution in [0.3, 0.4) is 0 Å². The predicted molar refractivity (Wildman–Crippen MR) is 81.0 cm³/mol. The van der Waals surface area contributed by atoms with Crippen molar-refractivity contribution in [2.24, 2.45) is 0 Å². The summed E-state index contributed by atoms with van der Waals surface area (Å²) in [5.74, 6) is 0. The number of hydrogen-bond acceptors (Lipinski definition) is 2. The van der Waals surface area contributed by atoms with E-state index in [0.717, 1.165) is 20.3 Å². The van der Waals surface area contributed by atoms with Crippen LogP contribution in [0.2, 0.25) is 0 Å². The van der Waals surface area contributed by atoms with E-state index in [1.165, 1.54) is 0 Å². The van der Waals surface area contributed by atoms with Gasteiger partial charge >= 0.3 is 0 Å². The van der Waals surface area contributed by atoms with Gasteiger partial charge < -0.3 is 9.88 Å². The second-order valence-electron chi connectivity index (χ2n) is 4.62. The van der Waals surface area contributed by atoms with Crippen LogP contribution in [-0.2, 0) is 5.54 Å². The summed E-state index contributed by atoms with van der Waals surface area (Å²) < 4.78 is 4.17. The lowest BCUT2D eigenvalue weighted by atomic mass is 10.0. The van der Waals surface area contributed by atoms with Gasteiger partial charge in [0.15, 0.2) is 0 Å². The molecule has 18 heavy (non-hydrogen) atoms. The summed E-state index contributed by atoms with van der Waals surface area (Å²) in [5, 5.41) is 3.30. The first kappa shape index (κ1) is 13.8. The molecular weight excluding hydrogens is 358 g/mol. The van der Waals surface area contributed by atoms with Crippen LogP contribution in [0.1, 0.15) is 19.5 Å². The molecule has 0 aliphatic rings. The molecular formula is C13H15Br2N3. The third-order valence-corrected chi connectivity index (χ3v) is 4.24. The van der Waals surface area contributed by atoms with E-state index in [9.17, 15) is 0 Å². The van der Waals surface area contributed by atoms with Crippen molar-refractivity contribution in [3.8, 4) is 5.69 Å². The molecule has 1 heterocycles. The molecule has 0 aliphatic carbocycles. The third-order valence-electron chi connectivity index (χ3n) is 3.07. The quantitative estimate of drug-likeness (QED) is 0.886. The Balaban J connectivity index is 2.59. The minimum atomic E-state index is -0.141. The molecule has 2 rings (SSSR count). The van der Waals surface area contributed by atoms with Crippen LogP contribution in [0.25, 0.3) is 5.69 Å². The van der Waals surface area contributed by atoms with E-state index in [1.807, 2.05) is 31.7 Å². The normalized spacial score (nSPS) is 11.8. The Kier molecular flexibility index (Phi) is 3.94. The number of hydrogen-bond donors (Lipinski definition) is 1. The van der Waals surface area contributed by atoms with Gasteiger partial charge in [-0.15, -0.1) is 0 Å². The number of nitrogens with zero attached hydrogens (tertiary/aromatic N) is 2. The van der Waals surface area contributed by atoms with Crippen LogP contribution in [0.15, 0.2) is 39.7 Å². The molecule has 2 aromatic rings. The SMILES string of the molecule is CNC(C)(C)c1cncn1-c1cc(Br)ccc1Br. The molecule has 0 saturated heterocycles. The Morgan fingerprint density at radius 2 is 2.00 bits per heavy atom. The maximum atomic E-state index is 4.27. The molecule has 96 valence electrons. The van der Waals surface area contributed by atoms with Gasteiger partial charge in [0, 0.05) is 8.95 Å². The average molecular weight is 373 g/mol. The van der Waals surface area contributed by atoms with Crippen LogP contribution < -0.4 is 5.32 Å². The van der Waals surface area contributed by atoms with Crippen LogP contribution >= 0.6 is 31.9 Å². The predicted octanol–water partition coefficient (Wildman–Crippen LogP) is 3.85. The van der Waals surface area contributed by atoms with Crippen molar-refractivity contribution >= 4 is 31.9 Å². The van der Waals surface area contributed by atoms with E-state index >= 15 is 0 Å². The van der Waals surface area contributed by atoms with Gasteiger partial charge in [0.2, 0.25) is 0 Å². The lowest BCUT2D eigenvalue weighted by Gasteiger charge is -2.25. The van der Waals surface area contributed by atoms with Crippen molar-refractivity contribution in [2.45, 2.75) is 19.4 Å². The molecule has 1 aromatic heterocycles. The van der Waals surface area contributed by atoms with Crippen LogP contribution in [0.5, 0.6) is 0 Å². The molecule has 0 amide bonds. The average Bonchev–Trinajstić information content (AvgIpc) is 2.82. The number of aromatic nitrogens is 2. The van der Waals surface area contributed by atoms with Crippen LogP contribution in [0, 0.1) is 0 Å². The molecule has 0 atom stereocenters. The fourth-order valence-corrected chi connectivity index (χ4v) is 2.53. The molecule has 0 bridgehead atoms. The van der Waals surface area contributed by atoms with Gasteiger partial charge in [-0.05, 0) is 55.0 Å². The molecule has 0 saturated carbocycles. The van der Waals surface area contributed by atoms with Gasteiger partial charge in [0.25, 0.3) is 0 Å². The zero-order valence-electron chi connectivity index (χ0n) is 10.5. The van der Waals surface area contributed by atoms with E-state index < -0.39 is 0 Å². The van der Waals surface area contributed by atoms with Crippen molar-refractivity contribution in [1.82, 2.24) is 14.9 Å². The highest BCUT2D eigenvalue weighted by atomic mass is 79.9. The van der Waals surface area contributed by atoms with Crippen molar-refractivity contribution in [3.05, 3.63) is 45.4 Å². The Morgan fingerprint density at radius 3 is 2.67 bits per heavy atom. The molecule has 3 nitrogen and oxygen atoms in total. The molecule has 0 unspecified atom stereocenters. The lowest BCUT2D eigenvalue weighted by molar-refractivity contribution is 0.424. The monoisotopic (exact) mass is 371 g/mol. The summed E-state index contributed by atoms with van der Waals surface area (Å²) in [6.45, 7) is 4.26. The van der Waals surface area contributed by atoms with E-state index in [-0.39, 0.29) is 5.54 Å². The van der Waals surface area contributed by atoms with Crippen LogP contribution in [0.4, 0.5) is 0 Å². The van der Waals surface area contributed by atoms with E-state index in [4.69, 9.17) is 0 Å². The standard InChI is InChI=1S/C13H15Br2N3/c1-13(2,16-3)12-7-17-8-18(12)11-6-9(14)4-5-10(11)15/h4-8,16H,1-3H3. The summed E-state index contributed by atoms with van der Waals surface area (Å²) in [6, 6.07) is 6.10. The first-order valence-electron chi connectivity index (χ1n) is 5.63. The first-order chi connectivity index (χ1) is 8.45. The summed E-state index contributed by atoms with van der Waals surface area (Å²) in [7, 11) is 1.95. The molecule has 0 radical (unpaired) electrons. The molecule has 1 aromatic carbocycles. The second-order valence-corrected chi connectivity index (χ2v) is 6.39. The van der Waals surface area contributed by atoms with Crippen LogP contribution in [-0.4, -0.2) is 16.6 Å². The van der Waals surface area contributed by atoms with Gasteiger partial charge in [-0.25, -0.2) is 4.98 Å². The molecule has 0 aliphatic heterocycles. The number of nitrogens with one attached hydrogen (secondary N) is 1. The van der Waals surface area contributed by atoms with E-state index in [0.29, 0.717) is 0 Å². The number of imidazole rings is 1. The van der Waals surface area contributed by atoms with E-state index in [1.54, 1.807) is 0 Å². The Hall–Kier alpha value is -0.650. The third kappa shape index (κ3) is 2.53.